The lowest BCUT2D eigenvalue weighted by molar-refractivity contribution is -0.147. The molecule has 4 aromatic rings. The molecule has 2 aliphatic carbocycles. The number of fused-ring (bicyclic) bond motifs is 2. The number of carboxylic acid groups (broad SMARTS) is 1. The highest BCUT2D eigenvalue weighted by atomic mass is 32.2. The summed E-state index contributed by atoms with van der Waals surface area (Å²) in [6.07, 6.45) is 6.97. The van der Waals surface area contributed by atoms with Crippen molar-refractivity contribution in [2.24, 2.45) is 5.41 Å². The van der Waals surface area contributed by atoms with Gasteiger partial charge in [-0.3, -0.25) is 9.78 Å². The molecule has 2 saturated carbocycles. The van der Waals surface area contributed by atoms with Crippen LogP contribution in [0.25, 0.3) is 11.0 Å². The SMILES string of the molecule is Cc1cnc2c(c1)S(=O)(=O)N(Cc1cc([C@H](c3ccc4c(nnn4C4CC4)c3C)C(C)(C)C(=O)O)cnc1C)CC1(CC1)O2. The molecule has 11 nitrogen and oxygen atoms in total. The first-order chi connectivity index (χ1) is 20.8. The molecule has 44 heavy (non-hydrogen) atoms. The molecule has 0 amide bonds. The lowest BCUT2D eigenvalue weighted by Crippen LogP contribution is -2.38. The Bertz CT molecular complexity index is 1940. The van der Waals surface area contributed by atoms with Gasteiger partial charge in [-0.05, 0) is 100 Å². The van der Waals surface area contributed by atoms with E-state index >= 15 is 0 Å². The number of nitrogens with zero attached hydrogens (tertiary/aromatic N) is 6. The summed E-state index contributed by atoms with van der Waals surface area (Å²) >= 11 is 0. The average molecular weight is 617 g/mol. The highest BCUT2D eigenvalue weighted by Crippen LogP contribution is 2.47. The van der Waals surface area contributed by atoms with Crippen LogP contribution in [0.3, 0.4) is 0 Å². The molecule has 4 heterocycles. The number of carbonyl (C=O) groups is 1. The lowest BCUT2D eigenvalue weighted by atomic mass is 9.70. The predicted octanol–water partition coefficient (Wildman–Crippen LogP) is 4.84. The van der Waals surface area contributed by atoms with Crippen LogP contribution in [0.1, 0.15) is 85.0 Å². The Balaban J connectivity index is 1.32. The number of hydrogen-bond donors (Lipinski definition) is 1. The van der Waals surface area contributed by atoms with Gasteiger partial charge in [0.2, 0.25) is 15.9 Å². The third-order valence-corrected chi connectivity index (χ3v) is 11.3. The highest BCUT2D eigenvalue weighted by Gasteiger charge is 2.52. The number of benzene rings is 1. The molecule has 12 heteroatoms. The largest absolute Gasteiger partial charge is 0.481 e. The molecule has 7 rings (SSSR count). The number of pyridine rings is 2. The van der Waals surface area contributed by atoms with Crippen molar-refractivity contribution in [1.82, 2.24) is 29.3 Å². The van der Waals surface area contributed by atoms with Gasteiger partial charge in [-0.25, -0.2) is 18.1 Å². The van der Waals surface area contributed by atoms with E-state index in [0.717, 1.165) is 53.4 Å². The van der Waals surface area contributed by atoms with E-state index in [4.69, 9.17) is 4.74 Å². The van der Waals surface area contributed by atoms with Crippen molar-refractivity contribution < 1.29 is 23.1 Å². The van der Waals surface area contributed by atoms with Gasteiger partial charge in [-0.15, -0.1) is 5.10 Å². The molecule has 0 unspecified atom stereocenters. The summed E-state index contributed by atoms with van der Waals surface area (Å²) in [5.74, 6) is -1.39. The van der Waals surface area contributed by atoms with Crippen LogP contribution < -0.4 is 4.74 Å². The summed E-state index contributed by atoms with van der Waals surface area (Å²) in [7, 11) is -3.94. The molecule has 1 spiro atoms. The Morgan fingerprint density at radius 1 is 1.14 bits per heavy atom. The topological polar surface area (TPSA) is 140 Å². The maximum atomic E-state index is 14.0. The number of sulfonamides is 1. The van der Waals surface area contributed by atoms with Crippen molar-refractivity contribution in [1.29, 1.82) is 0 Å². The Morgan fingerprint density at radius 3 is 2.57 bits per heavy atom. The maximum Gasteiger partial charge on any atom is 0.310 e. The fourth-order valence-corrected chi connectivity index (χ4v) is 8.03. The van der Waals surface area contributed by atoms with Gasteiger partial charge < -0.3 is 9.84 Å². The molecular weight excluding hydrogens is 580 g/mol. The van der Waals surface area contributed by atoms with Gasteiger partial charge in [0.05, 0.1) is 23.5 Å². The zero-order valence-corrected chi connectivity index (χ0v) is 26.3. The van der Waals surface area contributed by atoms with Crippen molar-refractivity contribution in [2.45, 2.75) is 89.3 Å². The van der Waals surface area contributed by atoms with Crippen molar-refractivity contribution >= 4 is 27.0 Å². The van der Waals surface area contributed by atoms with Crippen molar-refractivity contribution in [2.75, 3.05) is 6.54 Å². The summed E-state index contributed by atoms with van der Waals surface area (Å²) in [6, 6.07) is 7.85. The van der Waals surface area contributed by atoms with E-state index in [-0.39, 0.29) is 23.9 Å². The second-order valence-corrected chi connectivity index (χ2v) is 15.2. The van der Waals surface area contributed by atoms with Crippen LogP contribution in [-0.4, -0.2) is 60.9 Å². The molecule has 0 saturated heterocycles. The Labute approximate surface area is 256 Å². The van der Waals surface area contributed by atoms with Gasteiger partial charge in [0.25, 0.3) is 0 Å². The first kappa shape index (κ1) is 28.8. The van der Waals surface area contributed by atoms with E-state index in [9.17, 15) is 18.3 Å². The number of rotatable bonds is 7. The fraction of sp³-hybridized carbons (Fsp3) is 0.469. The minimum Gasteiger partial charge on any atom is -0.481 e. The summed E-state index contributed by atoms with van der Waals surface area (Å²) < 4.78 is 37.6. The third kappa shape index (κ3) is 4.66. The number of aryl methyl sites for hydroxylation is 3. The smallest absolute Gasteiger partial charge is 0.310 e. The molecule has 1 N–H and O–H groups in total. The number of aromatic nitrogens is 5. The molecule has 0 bridgehead atoms. The standard InChI is InChI=1S/C32H36N6O5S/c1-18-12-26-29(34-14-18)43-32(10-11-32)17-37(44(26,41)42)16-22-13-21(15-33-20(22)3)27(31(4,5)30(39)40)24-8-9-25-28(19(24)2)35-36-38(25)23-6-7-23/h8-9,12-15,23,27H,6-7,10-11,16-17H2,1-5H3,(H,39,40)/t27-/m1/s1. The second kappa shape index (κ2) is 9.80. The van der Waals surface area contributed by atoms with Crippen LogP contribution in [0, 0.1) is 26.2 Å². The molecule has 1 aromatic carbocycles. The van der Waals surface area contributed by atoms with E-state index in [0.29, 0.717) is 22.9 Å². The van der Waals surface area contributed by atoms with Crippen LogP contribution in [0.4, 0.5) is 0 Å². The first-order valence-corrected chi connectivity index (χ1v) is 16.4. The predicted molar refractivity (Wildman–Crippen MR) is 162 cm³/mol. The highest BCUT2D eigenvalue weighted by molar-refractivity contribution is 7.89. The lowest BCUT2D eigenvalue weighted by Gasteiger charge is -2.33. The molecule has 230 valence electrons. The summed E-state index contributed by atoms with van der Waals surface area (Å²) in [4.78, 5) is 21.8. The van der Waals surface area contributed by atoms with Gasteiger partial charge in [-0.1, -0.05) is 17.3 Å². The Hall–Kier alpha value is -3.90. The fourth-order valence-electron chi connectivity index (χ4n) is 6.38. The summed E-state index contributed by atoms with van der Waals surface area (Å²) in [5, 5.41) is 19.3. The van der Waals surface area contributed by atoms with Gasteiger partial charge in [0.1, 0.15) is 16.0 Å². The molecule has 1 atom stereocenters. The second-order valence-electron chi connectivity index (χ2n) is 13.3. The quantitative estimate of drug-likeness (QED) is 0.309. The normalized spacial score (nSPS) is 19.8. The first-order valence-electron chi connectivity index (χ1n) is 15.0. The third-order valence-electron chi connectivity index (χ3n) is 9.47. The zero-order chi connectivity index (χ0) is 31.2. The van der Waals surface area contributed by atoms with Crippen LogP contribution in [0.15, 0.2) is 41.6 Å². The van der Waals surface area contributed by atoms with Gasteiger partial charge >= 0.3 is 5.97 Å². The van der Waals surface area contributed by atoms with Crippen LogP contribution in [0.2, 0.25) is 0 Å². The number of carboxylic acids is 1. The van der Waals surface area contributed by atoms with Gasteiger partial charge in [0.15, 0.2) is 0 Å². The van der Waals surface area contributed by atoms with E-state index in [1.54, 1.807) is 39.2 Å². The summed E-state index contributed by atoms with van der Waals surface area (Å²) in [6.45, 7) is 9.31. The van der Waals surface area contributed by atoms with Gasteiger partial charge in [0, 0.05) is 30.6 Å². The maximum absolute atomic E-state index is 14.0. The molecular formula is C32H36N6O5S. The molecule has 1 aliphatic heterocycles. The molecule has 2 fully saturated rings. The van der Waals surface area contributed by atoms with Crippen LogP contribution in [-0.2, 0) is 21.4 Å². The Morgan fingerprint density at radius 2 is 1.89 bits per heavy atom. The van der Waals surface area contributed by atoms with E-state index in [1.165, 1.54) is 4.31 Å². The summed E-state index contributed by atoms with van der Waals surface area (Å²) in [5.41, 5.74) is 4.38. The number of aliphatic carboxylic acids is 1. The molecule has 3 aromatic heterocycles. The average Bonchev–Trinajstić information content (AvgIpc) is 3.91. The van der Waals surface area contributed by atoms with Crippen molar-refractivity contribution in [3.8, 4) is 5.88 Å². The van der Waals surface area contributed by atoms with E-state index in [1.807, 2.05) is 36.7 Å². The zero-order valence-electron chi connectivity index (χ0n) is 25.5. The molecule has 3 aliphatic rings. The minimum atomic E-state index is -3.94. The van der Waals surface area contributed by atoms with Crippen LogP contribution in [0.5, 0.6) is 5.88 Å². The van der Waals surface area contributed by atoms with E-state index < -0.39 is 32.9 Å². The Kier molecular flexibility index (Phi) is 6.43. The van der Waals surface area contributed by atoms with Gasteiger partial charge in [-0.2, -0.15) is 4.31 Å². The van der Waals surface area contributed by atoms with E-state index in [2.05, 4.69) is 20.3 Å². The number of ether oxygens (including phenoxy) is 1. The van der Waals surface area contributed by atoms with Crippen molar-refractivity contribution in [3.63, 3.8) is 0 Å². The monoisotopic (exact) mass is 616 g/mol. The van der Waals surface area contributed by atoms with Crippen molar-refractivity contribution in [3.05, 3.63) is 70.2 Å². The van der Waals surface area contributed by atoms with Crippen LogP contribution >= 0.6 is 0 Å². The number of hydrogen-bond acceptors (Lipinski definition) is 8. The molecule has 0 radical (unpaired) electrons. The minimum absolute atomic E-state index is 0.0658.